The number of fused-ring (bicyclic) bond motifs is 1. The molecule has 0 radical (unpaired) electrons. The molecule has 2 heterocycles. The number of nitrogens with one attached hydrogen (secondary N) is 1. The molecule has 1 amide bonds. The van der Waals surface area contributed by atoms with Crippen LogP contribution in [-0.2, 0) is 4.79 Å². The van der Waals surface area contributed by atoms with E-state index in [2.05, 4.69) is 10.3 Å². The molecule has 1 aromatic heterocycles. The number of amides is 1. The number of carboxylic acid groups (broad SMARTS) is 1. The first-order chi connectivity index (χ1) is 10.6. The third-order valence-corrected chi connectivity index (χ3v) is 5.01. The Bertz CT molecular complexity index is 721. The number of hydrogen-bond acceptors (Lipinski definition) is 4. The molecule has 6 heteroatoms. The number of hydrogen-bond donors (Lipinski definition) is 2. The van der Waals surface area contributed by atoms with E-state index < -0.39 is 11.5 Å². The maximum atomic E-state index is 12.6. The first-order valence-electron chi connectivity index (χ1n) is 7.09. The number of thioether (sulfide) groups is 1. The molecule has 0 atom stereocenters. The van der Waals surface area contributed by atoms with E-state index in [0.717, 1.165) is 22.3 Å². The normalized spacial score (nSPS) is 17.1. The van der Waals surface area contributed by atoms with Crippen LogP contribution in [0.5, 0.6) is 0 Å². The fourth-order valence-electron chi connectivity index (χ4n) is 2.69. The minimum Gasteiger partial charge on any atom is -0.480 e. The van der Waals surface area contributed by atoms with Gasteiger partial charge in [0.15, 0.2) is 0 Å². The highest BCUT2D eigenvalue weighted by molar-refractivity contribution is 7.99. The number of carboxylic acids is 1. The van der Waals surface area contributed by atoms with E-state index in [0.29, 0.717) is 18.4 Å². The Morgan fingerprint density at radius 2 is 1.91 bits per heavy atom. The van der Waals surface area contributed by atoms with Crippen LogP contribution >= 0.6 is 11.8 Å². The van der Waals surface area contributed by atoms with Crippen molar-refractivity contribution in [2.45, 2.75) is 18.4 Å². The van der Waals surface area contributed by atoms with Gasteiger partial charge in [-0.1, -0.05) is 24.3 Å². The third kappa shape index (κ3) is 2.66. The zero-order valence-corrected chi connectivity index (χ0v) is 12.7. The lowest BCUT2D eigenvalue weighted by Crippen LogP contribution is -2.56. The van der Waals surface area contributed by atoms with Crippen LogP contribution < -0.4 is 5.32 Å². The van der Waals surface area contributed by atoms with Crippen LogP contribution in [0.15, 0.2) is 36.7 Å². The van der Waals surface area contributed by atoms with Gasteiger partial charge in [-0.3, -0.25) is 9.78 Å². The predicted octanol–water partition coefficient (Wildman–Crippen LogP) is 2.32. The summed E-state index contributed by atoms with van der Waals surface area (Å²) in [6, 6.07) is 7.45. The second kappa shape index (κ2) is 5.96. The Morgan fingerprint density at radius 3 is 2.64 bits per heavy atom. The van der Waals surface area contributed by atoms with Gasteiger partial charge >= 0.3 is 5.97 Å². The lowest BCUT2D eigenvalue weighted by Gasteiger charge is -2.33. The van der Waals surface area contributed by atoms with Crippen molar-refractivity contribution in [1.82, 2.24) is 10.3 Å². The molecular weight excluding hydrogens is 300 g/mol. The van der Waals surface area contributed by atoms with Crippen LogP contribution in [0.1, 0.15) is 23.2 Å². The second-order valence-corrected chi connectivity index (χ2v) is 6.59. The van der Waals surface area contributed by atoms with Crippen LogP contribution in [-0.4, -0.2) is 39.0 Å². The van der Waals surface area contributed by atoms with E-state index in [-0.39, 0.29) is 5.91 Å². The third-order valence-electron chi connectivity index (χ3n) is 4.02. The van der Waals surface area contributed by atoms with Crippen molar-refractivity contribution in [3.63, 3.8) is 0 Å². The number of aliphatic carboxylic acids is 1. The minimum atomic E-state index is -1.17. The number of carbonyl (C=O) groups excluding carboxylic acids is 1. The molecule has 1 aliphatic heterocycles. The van der Waals surface area contributed by atoms with Crippen molar-refractivity contribution < 1.29 is 14.7 Å². The Hall–Kier alpha value is -2.08. The van der Waals surface area contributed by atoms with Crippen LogP contribution in [0.2, 0.25) is 0 Å². The minimum absolute atomic E-state index is 0.376. The van der Waals surface area contributed by atoms with Gasteiger partial charge in [0.2, 0.25) is 0 Å². The number of rotatable bonds is 3. The molecule has 22 heavy (non-hydrogen) atoms. The summed E-state index contributed by atoms with van der Waals surface area (Å²) >= 11 is 1.71. The van der Waals surface area contributed by atoms with Crippen LogP contribution in [0.4, 0.5) is 0 Å². The summed E-state index contributed by atoms with van der Waals surface area (Å²) in [6.07, 6.45) is 4.06. The molecule has 1 fully saturated rings. The van der Waals surface area contributed by atoms with E-state index in [1.54, 1.807) is 18.0 Å². The second-order valence-electron chi connectivity index (χ2n) is 5.36. The van der Waals surface area contributed by atoms with Crippen molar-refractivity contribution >= 4 is 34.4 Å². The quantitative estimate of drug-likeness (QED) is 0.908. The Morgan fingerprint density at radius 1 is 1.18 bits per heavy atom. The summed E-state index contributed by atoms with van der Waals surface area (Å²) in [5, 5.41) is 13.9. The van der Waals surface area contributed by atoms with E-state index in [4.69, 9.17) is 0 Å². The highest BCUT2D eigenvalue weighted by Crippen LogP contribution is 2.28. The van der Waals surface area contributed by atoms with E-state index >= 15 is 0 Å². The predicted molar refractivity (Wildman–Crippen MR) is 86.1 cm³/mol. The average molecular weight is 316 g/mol. The van der Waals surface area contributed by atoms with Gasteiger partial charge in [0, 0.05) is 17.8 Å². The summed E-state index contributed by atoms with van der Waals surface area (Å²) in [7, 11) is 0. The van der Waals surface area contributed by atoms with Gasteiger partial charge in [0.05, 0.1) is 5.56 Å². The number of carbonyl (C=O) groups is 2. The SMILES string of the molecule is O=C(NC1(C(=O)O)CCSCC1)c1cncc2ccccc12. The first-order valence-corrected chi connectivity index (χ1v) is 8.24. The number of pyridine rings is 1. The molecule has 2 N–H and O–H groups in total. The average Bonchev–Trinajstić information content (AvgIpc) is 2.55. The standard InChI is InChI=1S/C16H16N2O3S/c19-14(18-16(15(20)21)5-7-22-8-6-16)13-10-17-9-11-3-1-2-4-12(11)13/h1-4,9-10H,5-8H2,(H,18,19)(H,20,21). The molecule has 0 spiro atoms. The van der Waals surface area contributed by atoms with E-state index in [9.17, 15) is 14.7 Å². The van der Waals surface area contributed by atoms with E-state index in [1.165, 1.54) is 6.20 Å². The maximum Gasteiger partial charge on any atom is 0.329 e. The van der Waals surface area contributed by atoms with Gasteiger partial charge in [-0.25, -0.2) is 4.79 Å². The Labute approximate surface area is 132 Å². The largest absolute Gasteiger partial charge is 0.480 e. The summed E-state index contributed by atoms with van der Waals surface area (Å²) in [6.45, 7) is 0. The number of aromatic nitrogens is 1. The number of nitrogens with zero attached hydrogens (tertiary/aromatic N) is 1. The molecule has 0 saturated carbocycles. The van der Waals surface area contributed by atoms with Gasteiger partial charge in [-0.15, -0.1) is 0 Å². The van der Waals surface area contributed by atoms with E-state index in [1.807, 2.05) is 24.3 Å². The van der Waals surface area contributed by atoms with Crippen molar-refractivity contribution in [3.05, 3.63) is 42.2 Å². The molecule has 2 aromatic rings. The molecule has 1 aromatic carbocycles. The molecule has 3 rings (SSSR count). The molecule has 0 bridgehead atoms. The lowest BCUT2D eigenvalue weighted by molar-refractivity contribution is -0.144. The zero-order chi connectivity index (χ0) is 15.6. The summed E-state index contributed by atoms with van der Waals surface area (Å²) in [5.74, 6) is 0.133. The summed E-state index contributed by atoms with van der Waals surface area (Å²) < 4.78 is 0. The van der Waals surface area contributed by atoms with Crippen molar-refractivity contribution in [2.75, 3.05) is 11.5 Å². The summed E-state index contributed by atoms with van der Waals surface area (Å²) in [5.41, 5.74) is -0.754. The molecule has 5 nitrogen and oxygen atoms in total. The lowest BCUT2D eigenvalue weighted by atomic mass is 9.91. The van der Waals surface area contributed by atoms with Crippen LogP contribution in [0.3, 0.4) is 0 Å². The number of benzene rings is 1. The fraction of sp³-hybridized carbons (Fsp3) is 0.312. The van der Waals surface area contributed by atoms with Gasteiger partial charge in [0.1, 0.15) is 5.54 Å². The van der Waals surface area contributed by atoms with Crippen molar-refractivity contribution in [2.24, 2.45) is 0 Å². The molecule has 114 valence electrons. The highest BCUT2D eigenvalue weighted by Gasteiger charge is 2.41. The smallest absolute Gasteiger partial charge is 0.329 e. The Balaban J connectivity index is 1.94. The Kier molecular flexibility index (Phi) is 4.02. The van der Waals surface area contributed by atoms with Gasteiger partial charge < -0.3 is 10.4 Å². The molecule has 1 aliphatic rings. The van der Waals surface area contributed by atoms with Crippen molar-refractivity contribution in [3.8, 4) is 0 Å². The van der Waals surface area contributed by atoms with Crippen molar-refractivity contribution in [1.29, 1.82) is 0 Å². The zero-order valence-electron chi connectivity index (χ0n) is 11.9. The fourth-order valence-corrected chi connectivity index (χ4v) is 3.88. The van der Waals surface area contributed by atoms with Gasteiger partial charge in [-0.05, 0) is 29.7 Å². The maximum absolute atomic E-state index is 12.6. The molecule has 0 aliphatic carbocycles. The van der Waals surface area contributed by atoms with Crippen LogP contribution in [0.25, 0.3) is 10.8 Å². The summed E-state index contributed by atoms with van der Waals surface area (Å²) in [4.78, 5) is 28.4. The first kappa shape index (κ1) is 14.8. The van der Waals surface area contributed by atoms with Gasteiger partial charge in [-0.2, -0.15) is 11.8 Å². The monoisotopic (exact) mass is 316 g/mol. The molecule has 1 saturated heterocycles. The molecule has 0 unspecified atom stereocenters. The molecular formula is C16H16N2O3S. The highest BCUT2D eigenvalue weighted by atomic mass is 32.2. The van der Waals surface area contributed by atoms with Crippen LogP contribution in [0, 0.1) is 0 Å². The van der Waals surface area contributed by atoms with Gasteiger partial charge in [0.25, 0.3) is 5.91 Å². The topological polar surface area (TPSA) is 79.3 Å².